The number of ether oxygens (including phenoxy) is 1. The monoisotopic (exact) mass is 340 g/mol. The van der Waals surface area contributed by atoms with E-state index in [-0.39, 0.29) is 18.3 Å². The Balaban J connectivity index is 0.00000264. The zero-order chi connectivity index (χ0) is 16.0. The average Bonchev–Trinajstić information content (AvgIpc) is 2.55. The van der Waals surface area contributed by atoms with Gasteiger partial charge in [-0.1, -0.05) is 30.3 Å². The molecule has 2 rings (SSSR count). The molecule has 0 saturated carbocycles. The Morgan fingerprint density at radius 2 is 2.00 bits per heavy atom. The van der Waals surface area contributed by atoms with Gasteiger partial charge in [-0.15, -0.1) is 12.4 Å². The van der Waals surface area contributed by atoms with Gasteiger partial charge in [-0.05, 0) is 38.3 Å². The van der Waals surface area contributed by atoms with Crippen molar-refractivity contribution >= 4 is 24.3 Å². The smallest absolute Gasteiger partial charge is 0.328 e. The van der Waals surface area contributed by atoms with Crippen molar-refractivity contribution in [3.8, 4) is 0 Å². The highest BCUT2D eigenvalue weighted by atomic mass is 35.5. The molecule has 0 aliphatic carbocycles. The fourth-order valence-electron chi connectivity index (χ4n) is 2.75. The van der Waals surface area contributed by atoms with Crippen LogP contribution in [0.25, 0.3) is 0 Å². The van der Waals surface area contributed by atoms with Crippen LogP contribution in [-0.2, 0) is 20.7 Å². The molecule has 6 heteroatoms. The summed E-state index contributed by atoms with van der Waals surface area (Å²) < 4.78 is 4.83. The summed E-state index contributed by atoms with van der Waals surface area (Å²) in [4.78, 5) is 24.5. The van der Waals surface area contributed by atoms with E-state index in [0.717, 1.165) is 31.4 Å². The van der Waals surface area contributed by atoms with Gasteiger partial charge in [0.2, 0.25) is 5.91 Å². The topological polar surface area (TPSA) is 67.4 Å². The fourth-order valence-corrected chi connectivity index (χ4v) is 2.75. The highest BCUT2D eigenvalue weighted by Gasteiger charge is 2.36. The molecule has 1 saturated heterocycles. The van der Waals surface area contributed by atoms with Crippen LogP contribution in [-0.4, -0.2) is 37.1 Å². The molecule has 0 bridgehead atoms. The van der Waals surface area contributed by atoms with Gasteiger partial charge in [-0.2, -0.15) is 0 Å². The molecule has 1 aromatic carbocycles. The maximum absolute atomic E-state index is 12.6. The minimum atomic E-state index is -0.666. The van der Waals surface area contributed by atoms with Crippen molar-refractivity contribution in [1.29, 1.82) is 0 Å². The number of hydrogen-bond acceptors (Lipinski definition) is 4. The Hall–Kier alpha value is -1.59. The van der Waals surface area contributed by atoms with Gasteiger partial charge in [0.15, 0.2) is 0 Å². The SMILES string of the molecule is COC(=O)C(Cc1ccccc1)NC(=O)C1(C)CCCCN1.Cl. The maximum atomic E-state index is 12.6. The predicted molar refractivity (Wildman–Crippen MR) is 91.6 cm³/mol. The van der Waals surface area contributed by atoms with Crippen LogP contribution in [0, 0.1) is 0 Å². The quantitative estimate of drug-likeness (QED) is 0.803. The van der Waals surface area contributed by atoms with Crippen LogP contribution in [0.15, 0.2) is 30.3 Å². The summed E-state index contributed by atoms with van der Waals surface area (Å²) in [6, 6.07) is 8.94. The first-order chi connectivity index (χ1) is 10.5. The zero-order valence-electron chi connectivity index (χ0n) is 13.6. The second kappa shape index (κ2) is 8.89. The van der Waals surface area contributed by atoms with E-state index in [4.69, 9.17) is 4.74 Å². The van der Waals surface area contributed by atoms with Crippen LogP contribution >= 0.6 is 12.4 Å². The van der Waals surface area contributed by atoms with Crippen LogP contribution in [0.3, 0.4) is 0 Å². The van der Waals surface area contributed by atoms with E-state index in [1.807, 2.05) is 37.3 Å². The van der Waals surface area contributed by atoms with Gasteiger partial charge in [0.25, 0.3) is 0 Å². The lowest BCUT2D eigenvalue weighted by Crippen LogP contribution is -2.60. The molecule has 0 aromatic heterocycles. The van der Waals surface area contributed by atoms with E-state index < -0.39 is 17.6 Å². The van der Waals surface area contributed by atoms with Gasteiger partial charge in [0, 0.05) is 6.42 Å². The Labute approximate surface area is 143 Å². The minimum Gasteiger partial charge on any atom is -0.467 e. The molecular formula is C17H25ClN2O3. The Bertz CT molecular complexity index is 516. The fraction of sp³-hybridized carbons (Fsp3) is 0.529. The van der Waals surface area contributed by atoms with Crippen molar-refractivity contribution in [2.75, 3.05) is 13.7 Å². The van der Waals surface area contributed by atoms with Gasteiger partial charge in [-0.25, -0.2) is 4.79 Å². The highest BCUT2D eigenvalue weighted by molar-refractivity contribution is 5.90. The number of methoxy groups -OCH3 is 1. The first-order valence-corrected chi connectivity index (χ1v) is 7.73. The lowest BCUT2D eigenvalue weighted by atomic mass is 9.89. The summed E-state index contributed by atoms with van der Waals surface area (Å²) in [6.45, 7) is 2.71. The molecule has 2 unspecified atom stereocenters. The Morgan fingerprint density at radius 1 is 1.30 bits per heavy atom. The predicted octanol–water partition coefficient (Wildman–Crippen LogP) is 1.84. The van der Waals surface area contributed by atoms with Crippen molar-refractivity contribution in [3.63, 3.8) is 0 Å². The number of rotatable bonds is 5. The van der Waals surface area contributed by atoms with Gasteiger partial charge in [0.1, 0.15) is 6.04 Å². The van der Waals surface area contributed by atoms with E-state index in [1.54, 1.807) is 0 Å². The minimum absolute atomic E-state index is 0. The normalized spacial score (nSPS) is 21.7. The molecular weight excluding hydrogens is 316 g/mol. The molecule has 1 amide bonds. The lowest BCUT2D eigenvalue weighted by molar-refractivity contribution is -0.146. The Kier molecular flexibility index (Phi) is 7.52. The molecule has 1 aromatic rings. The van der Waals surface area contributed by atoms with Crippen molar-refractivity contribution in [2.24, 2.45) is 0 Å². The molecule has 1 fully saturated rings. The van der Waals surface area contributed by atoms with Crippen molar-refractivity contribution in [2.45, 2.75) is 44.2 Å². The van der Waals surface area contributed by atoms with E-state index in [0.29, 0.717) is 6.42 Å². The second-order valence-electron chi connectivity index (χ2n) is 5.95. The molecule has 23 heavy (non-hydrogen) atoms. The summed E-state index contributed by atoms with van der Waals surface area (Å²) in [5, 5.41) is 6.11. The molecule has 0 spiro atoms. The van der Waals surface area contributed by atoms with Gasteiger partial charge < -0.3 is 15.4 Å². The lowest BCUT2D eigenvalue weighted by Gasteiger charge is -2.34. The molecule has 2 atom stereocenters. The van der Waals surface area contributed by atoms with E-state index in [2.05, 4.69) is 10.6 Å². The third-order valence-electron chi connectivity index (χ3n) is 4.19. The number of benzene rings is 1. The van der Waals surface area contributed by atoms with Crippen molar-refractivity contribution in [3.05, 3.63) is 35.9 Å². The molecule has 2 N–H and O–H groups in total. The summed E-state index contributed by atoms with van der Waals surface area (Å²) in [5.74, 6) is -0.560. The molecule has 5 nitrogen and oxygen atoms in total. The van der Waals surface area contributed by atoms with E-state index >= 15 is 0 Å². The number of hydrogen-bond donors (Lipinski definition) is 2. The average molecular weight is 341 g/mol. The van der Waals surface area contributed by atoms with Gasteiger partial charge in [-0.3, -0.25) is 4.79 Å². The van der Waals surface area contributed by atoms with Crippen molar-refractivity contribution < 1.29 is 14.3 Å². The molecule has 128 valence electrons. The van der Waals surface area contributed by atoms with E-state index in [1.165, 1.54) is 7.11 Å². The van der Waals surface area contributed by atoms with Gasteiger partial charge in [0.05, 0.1) is 12.6 Å². The number of piperidine rings is 1. The Morgan fingerprint density at radius 3 is 2.57 bits per heavy atom. The third-order valence-corrected chi connectivity index (χ3v) is 4.19. The number of esters is 1. The highest BCUT2D eigenvalue weighted by Crippen LogP contribution is 2.19. The number of halogens is 1. The summed E-state index contributed by atoms with van der Waals surface area (Å²) >= 11 is 0. The number of amides is 1. The largest absolute Gasteiger partial charge is 0.467 e. The van der Waals surface area contributed by atoms with E-state index in [9.17, 15) is 9.59 Å². The van der Waals surface area contributed by atoms with Crippen molar-refractivity contribution in [1.82, 2.24) is 10.6 Å². The number of carbonyl (C=O) groups excluding carboxylic acids is 2. The first-order valence-electron chi connectivity index (χ1n) is 7.73. The van der Waals surface area contributed by atoms with Crippen LogP contribution in [0.5, 0.6) is 0 Å². The summed E-state index contributed by atoms with van der Waals surface area (Å²) in [5.41, 5.74) is 0.376. The molecule has 1 aliphatic rings. The molecule has 1 aliphatic heterocycles. The number of nitrogens with one attached hydrogen (secondary N) is 2. The van der Waals surface area contributed by atoms with Crippen LogP contribution in [0.2, 0.25) is 0 Å². The van der Waals surface area contributed by atoms with Crippen LogP contribution in [0.1, 0.15) is 31.7 Å². The summed E-state index contributed by atoms with van der Waals surface area (Å²) in [6.07, 6.45) is 3.29. The number of carbonyl (C=O) groups is 2. The van der Waals surface area contributed by atoms with Crippen LogP contribution in [0.4, 0.5) is 0 Å². The maximum Gasteiger partial charge on any atom is 0.328 e. The summed E-state index contributed by atoms with van der Waals surface area (Å²) in [7, 11) is 1.34. The molecule has 0 radical (unpaired) electrons. The standard InChI is InChI=1S/C17H24N2O3.ClH/c1-17(10-6-7-11-18-17)16(21)19-14(15(20)22-2)12-13-8-4-3-5-9-13;/h3-5,8-9,14,18H,6-7,10-12H2,1-2H3,(H,19,21);1H. The second-order valence-corrected chi connectivity index (χ2v) is 5.95. The van der Waals surface area contributed by atoms with Gasteiger partial charge >= 0.3 is 5.97 Å². The third kappa shape index (κ3) is 5.22. The molecule has 1 heterocycles. The zero-order valence-corrected chi connectivity index (χ0v) is 14.4. The first kappa shape index (κ1) is 19.5. The van der Waals surface area contributed by atoms with Crippen LogP contribution < -0.4 is 10.6 Å².